The molecule has 0 heterocycles. The fraction of sp³-hybridized carbons (Fsp3) is 0.125. The number of halogens is 1. The second-order valence-corrected chi connectivity index (χ2v) is 4.29. The molecule has 0 fully saturated rings. The molecule has 1 aromatic rings. The summed E-state index contributed by atoms with van der Waals surface area (Å²) in [7, 11) is -4.66. The Bertz CT molecular complexity index is 513. The van der Waals surface area contributed by atoms with E-state index in [1.54, 1.807) is 0 Å². The molecule has 0 spiro atoms. The molecule has 0 aliphatic rings. The number of rotatable bonds is 3. The molecule has 0 atom stereocenters. The minimum Gasteiger partial charge on any atom is -0.360 e. The number of amides is 1. The Labute approximate surface area is 97.1 Å². The van der Waals surface area contributed by atoms with Crippen molar-refractivity contribution in [3.63, 3.8) is 0 Å². The summed E-state index contributed by atoms with van der Waals surface area (Å²) in [6.45, 7) is 1.24. The van der Waals surface area contributed by atoms with Crippen molar-refractivity contribution in [3.05, 3.63) is 23.2 Å². The summed E-state index contributed by atoms with van der Waals surface area (Å²) in [5.74, 6) is -0.673. The summed E-state index contributed by atoms with van der Waals surface area (Å²) in [6.07, 6.45) is 0. The van der Waals surface area contributed by atoms with Crippen LogP contribution in [0.2, 0.25) is 5.02 Å². The van der Waals surface area contributed by atoms with E-state index in [2.05, 4.69) is 9.50 Å². The van der Waals surface area contributed by atoms with Gasteiger partial charge in [0, 0.05) is 18.0 Å². The Hall–Kier alpha value is -1.31. The maximum absolute atomic E-state index is 10.8. The monoisotopic (exact) mass is 265 g/mol. The van der Waals surface area contributed by atoms with Crippen molar-refractivity contribution in [2.45, 2.75) is 6.92 Å². The number of anilines is 1. The lowest BCUT2D eigenvalue weighted by molar-refractivity contribution is -0.114. The summed E-state index contributed by atoms with van der Waals surface area (Å²) in [6, 6.07) is 3.94. The van der Waals surface area contributed by atoms with E-state index in [1.807, 2.05) is 0 Å². The van der Waals surface area contributed by atoms with Gasteiger partial charge in [-0.05, 0) is 12.1 Å². The molecule has 0 radical (unpaired) electrons. The van der Waals surface area contributed by atoms with Gasteiger partial charge in [-0.3, -0.25) is 9.35 Å². The molecule has 0 bridgehead atoms. The van der Waals surface area contributed by atoms with Gasteiger partial charge in [-0.15, -0.1) is 0 Å². The molecule has 1 rings (SSSR count). The fourth-order valence-electron chi connectivity index (χ4n) is 0.971. The first-order valence-corrected chi connectivity index (χ1v) is 5.76. The Morgan fingerprint density at radius 2 is 2.12 bits per heavy atom. The quantitative estimate of drug-likeness (QED) is 0.808. The van der Waals surface area contributed by atoms with Gasteiger partial charge < -0.3 is 9.50 Å². The highest BCUT2D eigenvalue weighted by Crippen LogP contribution is 2.29. The first-order valence-electron chi connectivity index (χ1n) is 4.02. The standard InChI is InChI=1S/C8H8ClNO5S/c1-5(11)10-7-3-2-6(9)4-8(7)15-16(12,13)14/h2-4H,1H3,(H,10,11)(H,12,13,14). The van der Waals surface area contributed by atoms with Gasteiger partial charge in [0.1, 0.15) is 0 Å². The fourth-order valence-corrected chi connectivity index (χ4v) is 1.50. The van der Waals surface area contributed by atoms with E-state index in [1.165, 1.54) is 19.1 Å². The molecule has 1 aromatic carbocycles. The highest BCUT2D eigenvalue weighted by Gasteiger charge is 2.13. The van der Waals surface area contributed by atoms with Gasteiger partial charge in [0.2, 0.25) is 5.91 Å². The Morgan fingerprint density at radius 1 is 1.50 bits per heavy atom. The lowest BCUT2D eigenvalue weighted by Gasteiger charge is -2.09. The number of nitrogens with one attached hydrogen (secondary N) is 1. The Kier molecular flexibility index (Phi) is 3.74. The highest BCUT2D eigenvalue weighted by atomic mass is 35.5. The first kappa shape index (κ1) is 12.8. The van der Waals surface area contributed by atoms with E-state index in [4.69, 9.17) is 16.2 Å². The van der Waals surface area contributed by atoms with Gasteiger partial charge >= 0.3 is 10.4 Å². The van der Waals surface area contributed by atoms with Crippen molar-refractivity contribution >= 4 is 33.6 Å². The molecule has 16 heavy (non-hydrogen) atoms. The van der Waals surface area contributed by atoms with E-state index in [-0.39, 0.29) is 16.5 Å². The second kappa shape index (κ2) is 4.69. The molecule has 8 heteroatoms. The predicted molar refractivity (Wildman–Crippen MR) is 57.9 cm³/mol. The van der Waals surface area contributed by atoms with Crippen LogP contribution in [-0.2, 0) is 15.2 Å². The molecule has 0 aromatic heterocycles. The summed E-state index contributed by atoms with van der Waals surface area (Å²) in [4.78, 5) is 10.8. The number of hydrogen-bond acceptors (Lipinski definition) is 4. The van der Waals surface area contributed by atoms with Crippen LogP contribution < -0.4 is 9.50 Å². The van der Waals surface area contributed by atoms with E-state index in [9.17, 15) is 13.2 Å². The van der Waals surface area contributed by atoms with Crippen molar-refractivity contribution in [2.75, 3.05) is 5.32 Å². The number of benzene rings is 1. The third kappa shape index (κ3) is 4.05. The lowest BCUT2D eigenvalue weighted by Crippen LogP contribution is -2.11. The van der Waals surface area contributed by atoms with Crippen LogP contribution in [0.4, 0.5) is 5.69 Å². The average Bonchev–Trinajstić information content (AvgIpc) is 2.06. The smallest absolute Gasteiger partial charge is 0.360 e. The van der Waals surface area contributed by atoms with Crippen LogP contribution in [0, 0.1) is 0 Å². The predicted octanol–water partition coefficient (Wildman–Crippen LogP) is 1.48. The van der Waals surface area contributed by atoms with Crippen LogP contribution in [0.1, 0.15) is 6.92 Å². The van der Waals surface area contributed by atoms with Crippen molar-refractivity contribution in [1.82, 2.24) is 0 Å². The maximum atomic E-state index is 10.8. The van der Waals surface area contributed by atoms with Gasteiger partial charge in [-0.1, -0.05) is 11.6 Å². The summed E-state index contributed by atoms with van der Waals surface area (Å²) >= 11 is 5.61. The van der Waals surface area contributed by atoms with E-state index in [0.29, 0.717) is 0 Å². The minimum atomic E-state index is -4.66. The van der Waals surface area contributed by atoms with E-state index < -0.39 is 16.3 Å². The van der Waals surface area contributed by atoms with Crippen molar-refractivity contribution in [3.8, 4) is 5.75 Å². The Morgan fingerprint density at radius 3 is 2.62 bits per heavy atom. The Balaban J connectivity index is 3.13. The third-order valence-electron chi connectivity index (χ3n) is 1.45. The summed E-state index contributed by atoms with van der Waals surface area (Å²) in [5.41, 5.74) is 0.0922. The summed E-state index contributed by atoms with van der Waals surface area (Å²) in [5, 5.41) is 2.53. The van der Waals surface area contributed by atoms with Crippen LogP contribution in [0.3, 0.4) is 0 Å². The van der Waals surface area contributed by atoms with Crippen molar-refractivity contribution in [2.24, 2.45) is 0 Å². The van der Waals surface area contributed by atoms with Gasteiger partial charge in [-0.2, -0.15) is 8.42 Å². The molecule has 6 nitrogen and oxygen atoms in total. The molecule has 1 amide bonds. The third-order valence-corrected chi connectivity index (χ3v) is 2.07. The molecule has 2 N–H and O–H groups in total. The normalized spacial score (nSPS) is 10.9. The van der Waals surface area contributed by atoms with Crippen LogP contribution in [0.25, 0.3) is 0 Å². The zero-order valence-electron chi connectivity index (χ0n) is 8.10. The topological polar surface area (TPSA) is 92.7 Å². The van der Waals surface area contributed by atoms with E-state index in [0.717, 1.165) is 6.07 Å². The SMILES string of the molecule is CC(=O)Nc1ccc(Cl)cc1OS(=O)(=O)O. The molecule has 0 saturated heterocycles. The van der Waals surface area contributed by atoms with Crippen molar-refractivity contribution < 1.29 is 21.9 Å². The van der Waals surface area contributed by atoms with E-state index >= 15 is 0 Å². The maximum Gasteiger partial charge on any atom is 0.446 e. The molecule has 0 aliphatic heterocycles. The number of carbonyl (C=O) groups excluding carboxylic acids is 1. The number of carbonyl (C=O) groups is 1. The largest absolute Gasteiger partial charge is 0.446 e. The van der Waals surface area contributed by atoms with Gasteiger partial charge in [-0.25, -0.2) is 0 Å². The summed E-state index contributed by atoms with van der Waals surface area (Å²) < 4.78 is 33.8. The average molecular weight is 266 g/mol. The first-order chi connectivity index (χ1) is 7.28. The molecule has 88 valence electrons. The minimum absolute atomic E-state index is 0.0922. The molecule has 0 unspecified atom stereocenters. The van der Waals surface area contributed by atoms with Crippen LogP contribution in [-0.4, -0.2) is 18.9 Å². The van der Waals surface area contributed by atoms with Gasteiger partial charge in [0.15, 0.2) is 5.75 Å². The second-order valence-electron chi connectivity index (χ2n) is 2.83. The lowest BCUT2D eigenvalue weighted by atomic mass is 10.3. The van der Waals surface area contributed by atoms with Gasteiger partial charge in [0.05, 0.1) is 5.69 Å². The van der Waals surface area contributed by atoms with Crippen LogP contribution in [0.5, 0.6) is 5.75 Å². The zero-order chi connectivity index (χ0) is 12.3. The number of hydrogen-bond donors (Lipinski definition) is 2. The molecule has 0 saturated carbocycles. The molecular weight excluding hydrogens is 258 g/mol. The van der Waals surface area contributed by atoms with Gasteiger partial charge in [0.25, 0.3) is 0 Å². The highest BCUT2D eigenvalue weighted by molar-refractivity contribution is 7.81. The molecular formula is C8H8ClNO5S. The van der Waals surface area contributed by atoms with Crippen LogP contribution >= 0.6 is 11.6 Å². The zero-order valence-corrected chi connectivity index (χ0v) is 9.67. The van der Waals surface area contributed by atoms with Crippen molar-refractivity contribution in [1.29, 1.82) is 0 Å². The van der Waals surface area contributed by atoms with Crippen LogP contribution in [0.15, 0.2) is 18.2 Å². The molecule has 0 aliphatic carbocycles.